The van der Waals surface area contributed by atoms with Crippen LogP contribution in [0.25, 0.3) is 10.9 Å². The SMILES string of the molecule is [2H]C([2H])(c1c[nH]c2cccc(OCc3ccc(OC(F)F)cc3)c12)C([2H])([2H])N(C(C)C)C(C)C. The Hall–Kier alpha value is -2.60. The second kappa shape index (κ2) is 9.94. The van der Waals surface area contributed by atoms with Gasteiger partial charge in [0.1, 0.15) is 18.1 Å². The Balaban J connectivity index is 1.94. The number of ether oxygens (including phenoxy) is 2. The fourth-order valence-electron chi connectivity index (χ4n) is 3.28. The van der Waals surface area contributed by atoms with Gasteiger partial charge >= 0.3 is 6.61 Å². The van der Waals surface area contributed by atoms with Crippen molar-refractivity contribution < 1.29 is 23.7 Å². The van der Waals surface area contributed by atoms with Crippen LogP contribution in [0.1, 0.15) is 44.3 Å². The Morgan fingerprint density at radius 3 is 2.37 bits per heavy atom. The van der Waals surface area contributed by atoms with Crippen molar-refractivity contribution in [3.8, 4) is 11.5 Å². The fraction of sp³-hybridized carbons (Fsp3) is 0.417. The van der Waals surface area contributed by atoms with Gasteiger partial charge in [-0.1, -0.05) is 18.2 Å². The van der Waals surface area contributed by atoms with Gasteiger partial charge in [-0.25, -0.2) is 0 Å². The highest BCUT2D eigenvalue weighted by Crippen LogP contribution is 2.30. The monoisotopic (exact) mass is 420 g/mol. The molecule has 3 rings (SSSR count). The Morgan fingerprint density at radius 1 is 1.03 bits per heavy atom. The number of aromatic nitrogens is 1. The zero-order chi connectivity index (χ0) is 25.3. The highest BCUT2D eigenvalue weighted by atomic mass is 19.3. The Bertz CT molecular complexity index is 1090. The molecule has 0 aliphatic carbocycles. The Labute approximate surface area is 182 Å². The molecule has 4 nitrogen and oxygen atoms in total. The lowest BCUT2D eigenvalue weighted by molar-refractivity contribution is -0.0498. The van der Waals surface area contributed by atoms with E-state index in [9.17, 15) is 8.78 Å². The van der Waals surface area contributed by atoms with E-state index in [2.05, 4.69) is 9.72 Å². The van der Waals surface area contributed by atoms with Gasteiger partial charge in [0.05, 0.1) is 0 Å². The van der Waals surface area contributed by atoms with Crippen LogP contribution in [0.5, 0.6) is 11.5 Å². The lowest BCUT2D eigenvalue weighted by atomic mass is 10.1. The van der Waals surface area contributed by atoms with E-state index in [1.54, 1.807) is 30.3 Å². The molecule has 0 spiro atoms. The van der Waals surface area contributed by atoms with Gasteiger partial charge in [0.25, 0.3) is 0 Å². The molecule has 2 aromatic carbocycles. The third-order valence-corrected chi connectivity index (χ3v) is 4.64. The average molecular weight is 421 g/mol. The summed E-state index contributed by atoms with van der Waals surface area (Å²) in [4.78, 5) is 4.56. The van der Waals surface area contributed by atoms with Crippen molar-refractivity contribution in [3.05, 3.63) is 59.8 Å². The maximum atomic E-state index is 12.4. The number of nitrogens with one attached hydrogen (secondary N) is 1. The van der Waals surface area contributed by atoms with Crippen molar-refractivity contribution in [2.75, 3.05) is 6.50 Å². The molecular formula is C24H30F2N2O2. The first-order valence-electron chi connectivity index (χ1n) is 11.9. The molecule has 3 aromatic rings. The van der Waals surface area contributed by atoms with Crippen molar-refractivity contribution in [1.82, 2.24) is 9.88 Å². The molecule has 0 saturated carbocycles. The molecule has 1 aromatic heterocycles. The molecule has 0 saturated heterocycles. The lowest BCUT2D eigenvalue weighted by Gasteiger charge is -2.30. The van der Waals surface area contributed by atoms with Crippen LogP contribution in [0.4, 0.5) is 8.78 Å². The summed E-state index contributed by atoms with van der Waals surface area (Å²) in [5, 5.41) is 0.460. The third kappa shape index (κ3) is 5.51. The highest BCUT2D eigenvalue weighted by Gasteiger charge is 2.16. The van der Waals surface area contributed by atoms with Crippen LogP contribution in [0.3, 0.4) is 0 Å². The number of halogens is 2. The molecule has 30 heavy (non-hydrogen) atoms. The minimum Gasteiger partial charge on any atom is -0.488 e. The van der Waals surface area contributed by atoms with Gasteiger partial charge in [-0.05, 0) is 69.5 Å². The zero-order valence-electron chi connectivity index (χ0n) is 21.6. The number of nitrogens with zero attached hydrogens (tertiary/aromatic N) is 1. The quantitative estimate of drug-likeness (QED) is 0.436. The molecule has 162 valence electrons. The predicted molar refractivity (Wildman–Crippen MR) is 116 cm³/mol. The van der Waals surface area contributed by atoms with E-state index in [0.29, 0.717) is 22.2 Å². The molecule has 0 aliphatic heterocycles. The van der Waals surface area contributed by atoms with Gasteiger partial charge in [-0.3, -0.25) is 4.90 Å². The summed E-state index contributed by atoms with van der Waals surface area (Å²) in [5.74, 6) is 0.436. The van der Waals surface area contributed by atoms with Crippen molar-refractivity contribution in [2.45, 2.75) is 59.4 Å². The van der Waals surface area contributed by atoms with Gasteiger partial charge in [-0.2, -0.15) is 8.78 Å². The summed E-state index contributed by atoms with van der Waals surface area (Å²) in [6.45, 7) is 2.27. The summed E-state index contributed by atoms with van der Waals surface area (Å²) < 4.78 is 70.3. The first-order valence-corrected chi connectivity index (χ1v) is 9.91. The van der Waals surface area contributed by atoms with Gasteiger partial charge in [-0.15, -0.1) is 0 Å². The Kier molecular flexibility index (Phi) is 5.67. The number of benzene rings is 2. The first-order chi connectivity index (χ1) is 15.9. The number of fused-ring (bicyclic) bond motifs is 1. The van der Waals surface area contributed by atoms with E-state index in [1.165, 1.54) is 23.2 Å². The molecule has 6 heteroatoms. The van der Waals surface area contributed by atoms with Crippen LogP contribution in [-0.2, 0) is 13.0 Å². The van der Waals surface area contributed by atoms with Gasteiger partial charge in [0.15, 0.2) is 0 Å². The summed E-state index contributed by atoms with van der Waals surface area (Å²) in [6, 6.07) is 10.9. The molecule has 0 bridgehead atoms. The lowest BCUT2D eigenvalue weighted by Crippen LogP contribution is -2.38. The molecule has 0 aliphatic rings. The summed E-state index contributed by atoms with van der Waals surface area (Å²) in [6.07, 6.45) is -0.877. The topological polar surface area (TPSA) is 37.5 Å². The van der Waals surface area contributed by atoms with Crippen molar-refractivity contribution in [1.29, 1.82) is 0 Å². The maximum Gasteiger partial charge on any atom is 0.387 e. The zero-order valence-corrected chi connectivity index (χ0v) is 17.6. The van der Waals surface area contributed by atoms with Crippen LogP contribution in [0.15, 0.2) is 48.7 Å². The number of aromatic amines is 1. The molecule has 0 amide bonds. The fourth-order valence-corrected chi connectivity index (χ4v) is 3.28. The van der Waals surface area contributed by atoms with Gasteiger partial charge in [0, 0.05) is 41.2 Å². The molecule has 0 unspecified atom stereocenters. The number of aryl methyl sites for hydroxylation is 1. The number of H-pyrrole nitrogens is 1. The largest absolute Gasteiger partial charge is 0.488 e. The van der Waals surface area contributed by atoms with E-state index in [-0.39, 0.29) is 30.0 Å². The van der Waals surface area contributed by atoms with E-state index in [1.807, 2.05) is 27.7 Å². The van der Waals surface area contributed by atoms with Crippen LogP contribution in [-0.4, -0.2) is 35.1 Å². The average Bonchev–Trinajstić information content (AvgIpc) is 3.17. The molecule has 0 radical (unpaired) electrons. The summed E-state index contributed by atoms with van der Waals surface area (Å²) >= 11 is 0. The second-order valence-corrected chi connectivity index (χ2v) is 7.52. The van der Waals surface area contributed by atoms with Crippen molar-refractivity contribution in [2.24, 2.45) is 0 Å². The Morgan fingerprint density at radius 2 is 1.73 bits per heavy atom. The number of alkyl halides is 2. The van der Waals surface area contributed by atoms with E-state index >= 15 is 0 Å². The molecule has 0 fully saturated rings. The molecular weight excluding hydrogens is 386 g/mol. The number of hydrogen-bond donors (Lipinski definition) is 1. The highest BCUT2D eigenvalue weighted by molar-refractivity contribution is 5.89. The standard InChI is InChI=1S/C24H30F2N2O2/c1-16(2)28(17(3)4)13-12-19-14-27-21-6-5-7-22(23(19)21)29-15-18-8-10-20(11-9-18)30-24(25)26/h5-11,14,16-17,24,27H,12-13,15H2,1-4H3/i12D2,13D2. The van der Waals surface area contributed by atoms with E-state index in [0.717, 1.165) is 0 Å². The van der Waals surface area contributed by atoms with E-state index < -0.39 is 19.5 Å². The first kappa shape index (κ1) is 17.1. The molecule has 1 N–H and O–H groups in total. The van der Waals surface area contributed by atoms with Crippen molar-refractivity contribution >= 4 is 10.9 Å². The molecule has 1 heterocycles. The third-order valence-electron chi connectivity index (χ3n) is 4.64. The van der Waals surface area contributed by atoms with Gasteiger partial charge < -0.3 is 14.5 Å². The van der Waals surface area contributed by atoms with E-state index in [4.69, 9.17) is 10.2 Å². The number of hydrogen-bond acceptors (Lipinski definition) is 3. The van der Waals surface area contributed by atoms with Crippen LogP contribution < -0.4 is 9.47 Å². The second-order valence-electron chi connectivity index (χ2n) is 7.52. The molecule has 0 atom stereocenters. The smallest absolute Gasteiger partial charge is 0.387 e. The maximum absolute atomic E-state index is 12.4. The summed E-state index contributed by atoms with van der Waals surface area (Å²) in [5.41, 5.74) is 1.49. The van der Waals surface area contributed by atoms with Crippen LogP contribution >= 0.6 is 0 Å². The predicted octanol–water partition coefficient (Wildman–Crippen LogP) is 6.01. The summed E-state index contributed by atoms with van der Waals surface area (Å²) in [7, 11) is 0. The van der Waals surface area contributed by atoms with Crippen LogP contribution in [0, 0.1) is 0 Å². The minimum atomic E-state index is -2.90. The van der Waals surface area contributed by atoms with Gasteiger partial charge in [0.2, 0.25) is 0 Å². The van der Waals surface area contributed by atoms with Crippen molar-refractivity contribution in [3.63, 3.8) is 0 Å². The minimum absolute atomic E-state index is 0.0454. The van der Waals surface area contributed by atoms with Crippen LogP contribution in [0.2, 0.25) is 0 Å². The number of rotatable bonds is 10. The normalized spacial score (nSPS) is 14.9.